The van der Waals surface area contributed by atoms with E-state index in [1.807, 2.05) is 0 Å². The van der Waals surface area contributed by atoms with E-state index in [9.17, 15) is 0 Å². The quantitative estimate of drug-likeness (QED) is 0.543. The van der Waals surface area contributed by atoms with Crippen molar-refractivity contribution in [1.29, 1.82) is 0 Å². The predicted molar refractivity (Wildman–Crippen MR) is 41.2 cm³/mol. The number of hydrogen-bond acceptors (Lipinski definition) is 3. The van der Waals surface area contributed by atoms with Gasteiger partial charge in [-0.05, 0) is 12.1 Å². The average molecular weight is 174 g/mol. The molecule has 1 aromatic rings. The molecule has 0 saturated heterocycles. The summed E-state index contributed by atoms with van der Waals surface area (Å²) in [6.45, 7) is 0. The van der Waals surface area contributed by atoms with E-state index in [0.29, 0.717) is 5.56 Å². The number of hydrogen-bond donors (Lipinski definition) is 1. The molecule has 0 fully saturated rings. The summed E-state index contributed by atoms with van der Waals surface area (Å²) in [5, 5.41) is 9.43. The van der Waals surface area contributed by atoms with Crippen molar-refractivity contribution in [1.82, 2.24) is 4.98 Å². The van der Waals surface area contributed by atoms with Crippen molar-refractivity contribution >= 4 is 11.6 Å². The highest BCUT2D eigenvalue weighted by atomic mass is 35.5. The molecule has 0 amide bonds. The SMILES string of the molecule is COC(O)c1cccnc1Cl. The molecule has 1 aromatic heterocycles. The van der Waals surface area contributed by atoms with E-state index in [2.05, 4.69) is 9.72 Å². The Hall–Kier alpha value is -0.640. The second kappa shape index (κ2) is 3.67. The first-order valence-corrected chi connectivity index (χ1v) is 3.44. The molecule has 0 radical (unpaired) electrons. The summed E-state index contributed by atoms with van der Waals surface area (Å²) in [7, 11) is 1.40. The lowest BCUT2D eigenvalue weighted by Crippen LogP contribution is -2.00. The van der Waals surface area contributed by atoms with Crippen LogP contribution >= 0.6 is 11.6 Å². The lowest BCUT2D eigenvalue weighted by molar-refractivity contribution is -0.0770. The van der Waals surface area contributed by atoms with E-state index in [0.717, 1.165) is 0 Å². The van der Waals surface area contributed by atoms with Crippen molar-refractivity contribution in [2.24, 2.45) is 0 Å². The monoisotopic (exact) mass is 173 g/mol. The third kappa shape index (κ3) is 1.89. The molecule has 1 heterocycles. The summed E-state index contributed by atoms with van der Waals surface area (Å²) in [6, 6.07) is 3.34. The van der Waals surface area contributed by atoms with Gasteiger partial charge < -0.3 is 9.84 Å². The van der Waals surface area contributed by atoms with Crippen molar-refractivity contribution in [2.45, 2.75) is 6.29 Å². The highest BCUT2D eigenvalue weighted by Gasteiger charge is 2.09. The van der Waals surface area contributed by atoms with Gasteiger partial charge in [-0.1, -0.05) is 11.6 Å². The Morgan fingerprint density at radius 3 is 3.00 bits per heavy atom. The van der Waals surface area contributed by atoms with Gasteiger partial charge >= 0.3 is 0 Å². The van der Waals surface area contributed by atoms with Crippen LogP contribution in [0, 0.1) is 0 Å². The topological polar surface area (TPSA) is 42.4 Å². The molecule has 0 saturated carbocycles. The van der Waals surface area contributed by atoms with Gasteiger partial charge in [-0.15, -0.1) is 0 Å². The zero-order valence-electron chi connectivity index (χ0n) is 5.99. The standard InChI is InChI=1S/C7H8ClNO2/c1-11-7(10)5-3-2-4-9-6(5)8/h2-4,7,10H,1H3. The van der Waals surface area contributed by atoms with Gasteiger partial charge in [-0.25, -0.2) is 4.98 Å². The van der Waals surface area contributed by atoms with E-state index in [-0.39, 0.29) is 5.15 Å². The first-order chi connectivity index (χ1) is 5.25. The molecule has 0 aliphatic rings. The third-order valence-electron chi connectivity index (χ3n) is 1.28. The van der Waals surface area contributed by atoms with Gasteiger partial charge in [0.25, 0.3) is 0 Å². The highest BCUT2D eigenvalue weighted by Crippen LogP contribution is 2.19. The number of nitrogens with zero attached hydrogens (tertiary/aromatic N) is 1. The Kier molecular flexibility index (Phi) is 2.82. The van der Waals surface area contributed by atoms with E-state index < -0.39 is 6.29 Å². The minimum atomic E-state index is -0.990. The predicted octanol–water partition coefficient (Wildman–Crippen LogP) is 1.37. The number of ether oxygens (including phenoxy) is 1. The van der Waals surface area contributed by atoms with E-state index in [4.69, 9.17) is 16.7 Å². The molecule has 1 atom stereocenters. The van der Waals surface area contributed by atoms with Crippen LogP contribution in [0.4, 0.5) is 0 Å². The second-order valence-corrected chi connectivity index (χ2v) is 2.33. The minimum Gasteiger partial charge on any atom is -0.364 e. The molecule has 1 N–H and O–H groups in total. The summed E-state index contributed by atoms with van der Waals surface area (Å²) in [6.07, 6.45) is 0.560. The van der Waals surface area contributed by atoms with E-state index in [1.54, 1.807) is 18.3 Å². The number of aliphatic hydroxyl groups is 1. The molecule has 0 aliphatic carbocycles. The first-order valence-electron chi connectivity index (χ1n) is 3.07. The van der Waals surface area contributed by atoms with Crippen molar-refractivity contribution < 1.29 is 9.84 Å². The van der Waals surface area contributed by atoms with Crippen LogP contribution in [0.25, 0.3) is 0 Å². The summed E-state index contributed by atoms with van der Waals surface area (Å²) < 4.78 is 4.65. The number of methoxy groups -OCH3 is 1. The summed E-state index contributed by atoms with van der Waals surface area (Å²) in [4.78, 5) is 3.77. The Labute approximate surface area is 69.6 Å². The maximum atomic E-state index is 9.16. The van der Waals surface area contributed by atoms with Gasteiger partial charge in [0, 0.05) is 18.9 Å². The molecule has 0 bridgehead atoms. The van der Waals surface area contributed by atoms with Crippen LogP contribution in [-0.4, -0.2) is 17.2 Å². The molecule has 1 rings (SSSR count). The van der Waals surface area contributed by atoms with Gasteiger partial charge in [0.2, 0.25) is 0 Å². The molecule has 11 heavy (non-hydrogen) atoms. The lowest BCUT2D eigenvalue weighted by atomic mass is 10.3. The van der Waals surface area contributed by atoms with Crippen LogP contribution in [0.5, 0.6) is 0 Å². The van der Waals surface area contributed by atoms with Gasteiger partial charge in [-0.2, -0.15) is 0 Å². The van der Waals surface area contributed by atoms with Gasteiger partial charge in [0.15, 0.2) is 6.29 Å². The van der Waals surface area contributed by atoms with Crippen molar-refractivity contribution in [2.75, 3.05) is 7.11 Å². The number of rotatable bonds is 2. The number of halogens is 1. The van der Waals surface area contributed by atoms with Gasteiger partial charge in [0.05, 0.1) is 0 Å². The molecule has 4 heteroatoms. The van der Waals surface area contributed by atoms with Crippen LogP contribution < -0.4 is 0 Å². The maximum absolute atomic E-state index is 9.16. The molecule has 0 spiro atoms. The molecule has 0 aliphatic heterocycles. The van der Waals surface area contributed by atoms with Crippen LogP contribution in [0.1, 0.15) is 11.9 Å². The van der Waals surface area contributed by atoms with Gasteiger partial charge in [0.1, 0.15) is 5.15 Å². The molecular formula is C7H8ClNO2. The van der Waals surface area contributed by atoms with Crippen LogP contribution in [-0.2, 0) is 4.74 Å². The molecule has 60 valence electrons. The maximum Gasteiger partial charge on any atom is 0.183 e. The lowest BCUT2D eigenvalue weighted by Gasteiger charge is -2.08. The fourth-order valence-corrected chi connectivity index (χ4v) is 0.922. The first kappa shape index (κ1) is 8.46. The zero-order valence-corrected chi connectivity index (χ0v) is 6.75. The summed E-state index contributed by atoms with van der Waals surface area (Å²) in [5.41, 5.74) is 0.483. The number of pyridine rings is 1. The number of aromatic nitrogens is 1. The Bertz CT molecular complexity index is 242. The van der Waals surface area contributed by atoms with Crippen molar-refractivity contribution in [3.05, 3.63) is 29.0 Å². The molecule has 3 nitrogen and oxygen atoms in total. The normalized spacial score (nSPS) is 13.0. The van der Waals surface area contributed by atoms with Crippen LogP contribution in [0.15, 0.2) is 18.3 Å². The summed E-state index contributed by atoms with van der Waals surface area (Å²) >= 11 is 5.65. The zero-order chi connectivity index (χ0) is 8.27. The Balaban J connectivity index is 2.93. The van der Waals surface area contributed by atoms with Gasteiger partial charge in [-0.3, -0.25) is 0 Å². The fraction of sp³-hybridized carbons (Fsp3) is 0.286. The number of aliphatic hydroxyl groups excluding tert-OH is 1. The summed E-state index contributed by atoms with van der Waals surface area (Å²) in [5.74, 6) is 0. The largest absolute Gasteiger partial charge is 0.364 e. The van der Waals surface area contributed by atoms with E-state index in [1.165, 1.54) is 7.11 Å². The minimum absolute atomic E-state index is 0.266. The fourth-order valence-electron chi connectivity index (χ4n) is 0.710. The second-order valence-electron chi connectivity index (χ2n) is 1.97. The van der Waals surface area contributed by atoms with Crippen molar-refractivity contribution in [3.63, 3.8) is 0 Å². The van der Waals surface area contributed by atoms with Crippen LogP contribution in [0.2, 0.25) is 5.15 Å². The Morgan fingerprint density at radius 2 is 2.45 bits per heavy atom. The van der Waals surface area contributed by atoms with Crippen molar-refractivity contribution in [3.8, 4) is 0 Å². The Morgan fingerprint density at radius 1 is 1.73 bits per heavy atom. The molecular weight excluding hydrogens is 166 g/mol. The highest BCUT2D eigenvalue weighted by molar-refractivity contribution is 6.30. The molecule has 0 aromatic carbocycles. The smallest absolute Gasteiger partial charge is 0.183 e. The van der Waals surface area contributed by atoms with Crippen LogP contribution in [0.3, 0.4) is 0 Å². The third-order valence-corrected chi connectivity index (χ3v) is 1.59. The molecule has 1 unspecified atom stereocenters. The average Bonchev–Trinajstić information content (AvgIpc) is 2.04. The van der Waals surface area contributed by atoms with E-state index >= 15 is 0 Å².